The summed E-state index contributed by atoms with van der Waals surface area (Å²) in [5.41, 5.74) is 3.19. The average molecular weight is 395 g/mol. The Morgan fingerprint density at radius 2 is 2.00 bits per heavy atom. The number of ketones is 1. The zero-order valence-electron chi connectivity index (χ0n) is 14.9. The van der Waals surface area contributed by atoms with Crippen molar-refractivity contribution in [3.8, 4) is 0 Å². The zero-order chi connectivity index (χ0) is 20.5. The molecule has 2 aromatic rings. The maximum Gasteiger partial charge on any atom is 0.299 e. The third-order valence-corrected chi connectivity index (χ3v) is 4.55. The number of alkyl halides is 2. The quantitative estimate of drug-likeness (QED) is 0.638. The maximum atomic E-state index is 14.7. The second kappa shape index (κ2) is 7.31. The van der Waals surface area contributed by atoms with Gasteiger partial charge in [-0.3, -0.25) is 14.8 Å². The van der Waals surface area contributed by atoms with Crippen LogP contribution in [0.2, 0.25) is 0 Å². The van der Waals surface area contributed by atoms with Gasteiger partial charge in [-0.15, -0.1) is 0 Å². The Bertz CT molecular complexity index is 931. The van der Waals surface area contributed by atoms with Gasteiger partial charge in [-0.2, -0.15) is 0 Å². The van der Waals surface area contributed by atoms with Crippen LogP contribution in [0.4, 0.5) is 17.6 Å². The molecule has 0 aliphatic carbocycles. The van der Waals surface area contributed by atoms with E-state index < -0.39 is 41.0 Å². The molecule has 0 bridgehead atoms. The van der Waals surface area contributed by atoms with Crippen LogP contribution in [0.25, 0.3) is 0 Å². The van der Waals surface area contributed by atoms with Gasteiger partial charge in [0.2, 0.25) is 0 Å². The van der Waals surface area contributed by atoms with E-state index in [-0.39, 0.29) is 30.1 Å². The van der Waals surface area contributed by atoms with Crippen LogP contribution < -0.4 is 5.73 Å². The first kappa shape index (κ1) is 19.9. The molecule has 3 rings (SSSR count). The van der Waals surface area contributed by atoms with Crippen LogP contribution in [-0.4, -0.2) is 35.7 Å². The highest BCUT2D eigenvalue weighted by atomic mass is 19.3. The minimum Gasteiger partial charge on any atom is -0.385 e. The van der Waals surface area contributed by atoms with Crippen molar-refractivity contribution < 1.29 is 27.1 Å². The van der Waals surface area contributed by atoms with Crippen LogP contribution >= 0.6 is 0 Å². The molecule has 1 aliphatic heterocycles. The molecule has 9 heteroatoms. The summed E-state index contributed by atoms with van der Waals surface area (Å²) in [6.45, 7) is -0.197. The molecular formula is C19H17F4N3O2. The molecule has 1 aromatic carbocycles. The predicted molar refractivity (Wildman–Crippen MR) is 93.4 cm³/mol. The number of amidine groups is 1. The first-order chi connectivity index (χ1) is 13.1. The molecule has 2 N–H and O–H groups in total. The number of pyridine rings is 1. The number of Topliss-reactive ketones (excluding diaryl/α,β-unsaturated/α-hetero) is 1. The number of carbonyl (C=O) groups is 1. The second-order valence-corrected chi connectivity index (χ2v) is 6.65. The summed E-state index contributed by atoms with van der Waals surface area (Å²) in [4.78, 5) is 19.8. The number of aliphatic imine (C=N–C) groups is 1. The zero-order valence-corrected chi connectivity index (χ0v) is 14.9. The monoisotopic (exact) mass is 395 g/mol. The Kier molecular flexibility index (Phi) is 5.20. The summed E-state index contributed by atoms with van der Waals surface area (Å²) in [5, 5.41) is 0. The van der Waals surface area contributed by atoms with Crippen molar-refractivity contribution >= 4 is 11.6 Å². The number of aromatic nitrogens is 1. The van der Waals surface area contributed by atoms with Gasteiger partial charge < -0.3 is 10.5 Å². The highest BCUT2D eigenvalue weighted by Gasteiger charge is 2.54. The van der Waals surface area contributed by atoms with Gasteiger partial charge in [0, 0.05) is 12.0 Å². The molecule has 1 aliphatic rings. The first-order valence-electron chi connectivity index (χ1n) is 8.36. The van der Waals surface area contributed by atoms with E-state index in [1.165, 1.54) is 12.1 Å². The van der Waals surface area contributed by atoms with Gasteiger partial charge >= 0.3 is 0 Å². The summed E-state index contributed by atoms with van der Waals surface area (Å²) in [7, 11) is 0. The van der Waals surface area contributed by atoms with Crippen LogP contribution in [-0.2, 0) is 16.7 Å². The smallest absolute Gasteiger partial charge is 0.299 e. The lowest BCUT2D eigenvalue weighted by atomic mass is 9.84. The first-order valence-corrected chi connectivity index (χ1v) is 8.36. The molecule has 0 saturated heterocycles. The molecular weight excluding hydrogens is 378 g/mol. The van der Waals surface area contributed by atoms with Crippen LogP contribution in [0.15, 0.2) is 41.5 Å². The third-order valence-electron chi connectivity index (χ3n) is 4.55. The summed E-state index contributed by atoms with van der Waals surface area (Å²) >= 11 is 0. The number of rotatable bonds is 4. The third kappa shape index (κ3) is 3.75. The van der Waals surface area contributed by atoms with Crippen molar-refractivity contribution in [2.75, 3.05) is 13.2 Å². The van der Waals surface area contributed by atoms with E-state index in [0.717, 1.165) is 31.3 Å². The van der Waals surface area contributed by atoms with Gasteiger partial charge in [0.25, 0.3) is 5.92 Å². The molecule has 0 spiro atoms. The molecule has 0 unspecified atom stereocenters. The fourth-order valence-corrected chi connectivity index (χ4v) is 2.95. The van der Waals surface area contributed by atoms with E-state index in [0.29, 0.717) is 0 Å². The Labute approximate surface area is 158 Å². The Morgan fingerprint density at radius 3 is 2.68 bits per heavy atom. The maximum absolute atomic E-state index is 14.7. The Hall–Kier alpha value is -2.81. The van der Waals surface area contributed by atoms with E-state index in [1.54, 1.807) is 0 Å². The molecule has 1 atom stereocenters. The van der Waals surface area contributed by atoms with Crippen molar-refractivity contribution in [2.45, 2.75) is 24.8 Å². The minimum absolute atomic E-state index is 0.00829. The lowest BCUT2D eigenvalue weighted by molar-refractivity contribution is -0.116. The van der Waals surface area contributed by atoms with Crippen molar-refractivity contribution in [3.63, 3.8) is 0 Å². The molecule has 0 radical (unpaired) electrons. The molecule has 0 fully saturated rings. The summed E-state index contributed by atoms with van der Waals surface area (Å²) in [5.74, 6) is -5.69. The van der Waals surface area contributed by atoms with Crippen molar-refractivity contribution in [1.82, 2.24) is 4.98 Å². The van der Waals surface area contributed by atoms with Crippen molar-refractivity contribution in [1.29, 1.82) is 0 Å². The van der Waals surface area contributed by atoms with E-state index in [1.807, 2.05) is 0 Å². The highest BCUT2D eigenvalue weighted by molar-refractivity contribution is 5.95. The fourth-order valence-electron chi connectivity index (χ4n) is 2.95. The van der Waals surface area contributed by atoms with Crippen LogP contribution in [0.3, 0.4) is 0 Å². The second-order valence-electron chi connectivity index (χ2n) is 6.65. The molecule has 28 heavy (non-hydrogen) atoms. The number of hydrogen-bond donors (Lipinski definition) is 1. The minimum atomic E-state index is -3.53. The van der Waals surface area contributed by atoms with E-state index in [9.17, 15) is 22.4 Å². The standard InChI is InChI=1S/C19H17F4N3O2/c1-18(19(22,23)10-28-9-17(24)26-18)13-6-11(2-4-14(13)21)7-16(27)15-5-3-12(20)8-25-15/h2-6,8H,7,9-10H2,1H3,(H2,24,26)/t18-/m1/s1. The number of benzene rings is 1. The molecule has 1 aromatic heterocycles. The van der Waals surface area contributed by atoms with Gasteiger partial charge in [0.15, 0.2) is 11.3 Å². The van der Waals surface area contributed by atoms with Gasteiger partial charge in [0.1, 0.15) is 36.4 Å². The molecule has 0 amide bonds. The average Bonchev–Trinajstić information content (AvgIpc) is 2.73. The summed E-state index contributed by atoms with van der Waals surface area (Å²) < 4.78 is 61.6. The lowest BCUT2D eigenvalue weighted by Crippen LogP contribution is -2.45. The number of nitrogens with zero attached hydrogens (tertiary/aromatic N) is 2. The van der Waals surface area contributed by atoms with Gasteiger partial charge in [-0.05, 0) is 36.8 Å². The van der Waals surface area contributed by atoms with Gasteiger partial charge in [-0.1, -0.05) is 6.07 Å². The van der Waals surface area contributed by atoms with Gasteiger partial charge in [-0.25, -0.2) is 17.6 Å². The SMILES string of the molecule is C[C@]1(c2cc(CC(=O)c3ccc(F)cn3)ccc2F)N=C(N)COCC1(F)F. The van der Waals surface area contributed by atoms with Crippen LogP contribution in [0, 0.1) is 11.6 Å². The lowest BCUT2D eigenvalue weighted by Gasteiger charge is -2.33. The predicted octanol–water partition coefficient (Wildman–Crippen LogP) is 3.02. The topological polar surface area (TPSA) is 77.6 Å². The molecule has 2 heterocycles. The Balaban J connectivity index is 1.98. The largest absolute Gasteiger partial charge is 0.385 e. The molecule has 0 saturated carbocycles. The van der Waals surface area contributed by atoms with Gasteiger partial charge in [0.05, 0.1) is 6.20 Å². The van der Waals surface area contributed by atoms with Crippen LogP contribution in [0.5, 0.6) is 0 Å². The summed E-state index contributed by atoms with van der Waals surface area (Å²) in [6, 6.07) is 5.76. The Morgan fingerprint density at radius 1 is 1.25 bits per heavy atom. The number of ether oxygens (including phenoxy) is 1. The number of halogens is 4. The van der Waals surface area contributed by atoms with Crippen molar-refractivity contribution in [3.05, 3.63) is 65.0 Å². The summed E-state index contributed by atoms with van der Waals surface area (Å²) in [6.07, 6.45) is 0.664. The number of hydrogen-bond acceptors (Lipinski definition) is 5. The molecule has 148 valence electrons. The van der Waals surface area contributed by atoms with Crippen LogP contribution in [0.1, 0.15) is 28.5 Å². The van der Waals surface area contributed by atoms with E-state index in [2.05, 4.69) is 9.98 Å². The van der Waals surface area contributed by atoms with E-state index in [4.69, 9.17) is 10.5 Å². The van der Waals surface area contributed by atoms with Crippen molar-refractivity contribution in [2.24, 2.45) is 10.7 Å². The fraction of sp³-hybridized carbons (Fsp3) is 0.316. The number of nitrogens with two attached hydrogens (primary N) is 1. The van der Waals surface area contributed by atoms with E-state index >= 15 is 0 Å². The normalized spacial score (nSPS) is 21.7. The number of carbonyl (C=O) groups excluding carboxylic acids is 1. The highest BCUT2D eigenvalue weighted by Crippen LogP contribution is 2.43. The molecule has 5 nitrogen and oxygen atoms in total.